The van der Waals surface area contributed by atoms with Crippen LogP contribution in [0.5, 0.6) is 11.5 Å². The van der Waals surface area contributed by atoms with Crippen LogP contribution >= 0.6 is 0 Å². The molecule has 0 bridgehead atoms. The van der Waals surface area contributed by atoms with Gasteiger partial charge in [-0.05, 0) is 26.0 Å². The van der Waals surface area contributed by atoms with Crippen LogP contribution in [0.25, 0.3) is 0 Å². The van der Waals surface area contributed by atoms with Crippen molar-refractivity contribution in [1.29, 1.82) is 0 Å². The lowest BCUT2D eigenvalue weighted by Gasteiger charge is -2.29. The molecule has 0 aromatic heterocycles. The minimum Gasteiger partial charge on any atom is -0.486 e. The summed E-state index contributed by atoms with van der Waals surface area (Å²) in [5.74, 6) is 1.45. The number of hydrogen-bond acceptors (Lipinski definition) is 5. The number of hydrogen-bond donors (Lipinski definition) is 2. The lowest BCUT2D eigenvalue weighted by molar-refractivity contribution is 0.170. The van der Waals surface area contributed by atoms with Crippen molar-refractivity contribution in [2.45, 2.75) is 26.1 Å². The lowest BCUT2D eigenvalue weighted by atomic mass is 10.2. The Bertz CT molecular complexity index is 410. The quantitative estimate of drug-likeness (QED) is 0.834. The van der Waals surface area contributed by atoms with Gasteiger partial charge in [0.2, 0.25) is 0 Å². The Hall–Kier alpha value is -1.46. The molecule has 1 heterocycles. The first-order valence-corrected chi connectivity index (χ1v) is 6.57. The number of aliphatic hydroxyl groups excluding tert-OH is 2. The van der Waals surface area contributed by atoms with Gasteiger partial charge in [-0.3, -0.25) is 0 Å². The van der Waals surface area contributed by atoms with E-state index in [4.69, 9.17) is 9.47 Å². The molecule has 106 valence electrons. The van der Waals surface area contributed by atoms with Gasteiger partial charge in [0.05, 0.1) is 12.2 Å². The summed E-state index contributed by atoms with van der Waals surface area (Å²) in [7, 11) is 0. The highest BCUT2D eigenvalue weighted by atomic mass is 16.6. The van der Waals surface area contributed by atoms with Gasteiger partial charge in [-0.2, -0.15) is 0 Å². The maximum absolute atomic E-state index is 9.56. The second-order valence-corrected chi connectivity index (χ2v) is 4.93. The number of benzene rings is 1. The molecule has 0 spiro atoms. The number of nitrogens with zero attached hydrogens (tertiary/aromatic N) is 1. The number of fused-ring (bicyclic) bond motifs is 1. The van der Waals surface area contributed by atoms with Gasteiger partial charge in [-0.1, -0.05) is 0 Å². The van der Waals surface area contributed by atoms with E-state index in [-0.39, 0.29) is 0 Å². The normalized spacial score (nSPS) is 16.8. The van der Waals surface area contributed by atoms with Gasteiger partial charge in [0.1, 0.15) is 13.2 Å². The Morgan fingerprint density at radius 3 is 2.21 bits per heavy atom. The fourth-order valence-electron chi connectivity index (χ4n) is 2.15. The Morgan fingerprint density at radius 1 is 1.05 bits per heavy atom. The molecule has 1 aromatic rings. The highest BCUT2D eigenvalue weighted by molar-refractivity contribution is 5.57. The third kappa shape index (κ3) is 3.75. The Balaban J connectivity index is 2.20. The molecule has 0 amide bonds. The third-order valence-electron chi connectivity index (χ3n) is 2.86. The first-order chi connectivity index (χ1) is 9.06. The van der Waals surface area contributed by atoms with Crippen LogP contribution in [0.3, 0.4) is 0 Å². The summed E-state index contributed by atoms with van der Waals surface area (Å²) in [6.07, 6.45) is -0.932. The second-order valence-electron chi connectivity index (χ2n) is 4.93. The molecule has 5 nitrogen and oxygen atoms in total. The summed E-state index contributed by atoms with van der Waals surface area (Å²) in [4.78, 5) is 1.94. The van der Waals surface area contributed by atoms with Gasteiger partial charge in [0, 0.05) is 24.8 Å². The molecule has 1 aliphatic rings. The SMILES string of the molecule is CC(O)CN(CC(C)O)c1ccc2c(c1)OCCO2. The predicted molar refractivity (Wildman–Crippen MR) is 73.0 cm³/mol. The first-order valence-electron chi connectivity index (χ1n) is 6.57. The molecular formula is C14H21NO4. The maximum atomic E-state index is 9.56. The van der Waals surface area contributed by atoms with E-state index in [9.17, 15) is 10.2 Å². The summed E-state index contributed by atoms with van der Waals surface area (Å²) in [5, 5.41) is 19.1. The summed E-state index contributed by atoms with van der Waals surface area (Å²) >= 11 is 0. The van der Waals surface area contributed by atoms with E-state index in [1.807, 2.05) is 23.1 Å². The van der Waals surface area contributed by atoms with Crippen molar-refractivity contribution in [3.63, 3.8) is 0 Å². The fourth-order valence-corrected chi connectivity index (χ4v) is 2.15. The van der Waals surface area contributed by atoms with Crippen LogP contribution in [-0.4, -0.2) is 48.7 Å². The van der Waals surface area contributed by atoms with Gasteiger partial charge >= 0.3 is 0 Å². The molecule has 0 saturated carbocycles. The van der Waals surface area contributed by atoms with Gasteiger partial charge in [0.25, 0.3) is 0 Å². The fraction of sp³-hybridized carbons (Fsp3) is 0.571. The predicted octanol–water partition coefficient (Wildman–Crippen LogP) is 1.03. The summed E-state index contributed by atoms with van der Waals surface area (Å²) in [6.45, 7) is 5.50. The number of rotatable bonds is 5. The van der Waals surface area contributed by atoms with Gasteiger partial charge in [-0.25, -0.2) is 0 Å². The Morgan fingerprint density at radius 2 is 1.63 bits per heavy atom. The molecule has 1 aliphatic heterocycles. The molecule has 2 atom stereocenters. The summed E-state index contributed by atoms with van der Waals surface area (Å²) < 4.78 is 11.0. The highest BCUT2D eigenvalue weighted by Gasteiger charge is 2.16. The third-order valence-corrected chi connectivity index (χ3v) is 2.86. The average Bonchev–Trinajstić information content (AvgIpc) is 2.36. The number of ether oxygens (including phenoxy) is 2. The van der Waals surface area contributed by atoms with Crippen LogP contribution in [0, 0.1) is 0 Å². The van der Waals surface area contributed by atoms with Crippen molar-refractivity contribution >= 4 is 5.69 Å². The van der Waals surface area contributed by atoms with Gasteiger partial charge < -0.3 is 24.6 Å². The van der Waals surface area contributed by atoms with Crippen molar-refractivity contribution in [3.8, 4) is 11.5 Å². The molecule has 0 aliphatic carbocycles. The molecule has 2 unspecified atom stereocenters. The molecule has 5 heteroatoms. The molecular weight excluding hydrogens is 246 g/mol. The standard InChI is InChI=1S/C14H21NO4/c1-10(16)8-15(9-11(2)17)12-3-4-13-14(7-12)19-6-5-18-13/h3-4,7,10-11,16-17H,5-6,8-9H2,1-2H3. The van der Waals surface area contributed by atoms with E-state index >= 15 is 0 Å². The van der Waals surface area contributed by atoms with Gasteiger partial charge in [0.15, 0.2) is 11.5 Å². The highest BCUT2D eigenvalue weighted by Crippen LogP contribution is 2.34. The second kappa shape index (κ2) is 6.12. The zero-order valence-electron chi connectivity index (χ0n) is 11.4. The van der Waals surface area contributed by atoms with Crippen molar-refractivity contribution in [3.05, 3.63) is 18.2 Å². The van der Waals surface area contributed by atoms with Gasteiger partial charge in [-0.15, -0.1) is 0 Å². The summed E-state index contributed by atoms with van der Waals surface area (Å²) in [5.41, 5.74) is 0.908. The van der Waals surface area contributed by atoms with Crippen LogP contribution in [0.2, 0.25) is 0 Å². The first kappa shape index (κ1) is 14.0. The van der Waals surface area contributed by atoms with Crippen LogP contribution in [0.4, 0.5) is 5.69 Å². The number of anilines is 1. The van der Waals surface area contributed by atoms with Crippen molar-refractivity contribution in [1.82, 2.24) is 0 Å². The molecule has 2 N–H and O–H groups in total. The smallest absolute Gasteiger partial charge is 0.163 e. The van der Waals surface area contributed by atoms with Crippen molar-refractivity contribution < 1.29 is 19.7 Å². The molecule has 1 aromatic carbocycles. The Kier molecular flexibility index (Phi) is 4.50. The van der Waals surface area contributed by atoms with E-state index < -0.39 is 12.2 Å². The van der Waals surface area contributed by atoms with E-state index in [1.165, 1.54) is 0 Å². The van der Waals surface area contributed by atoms with Crippen LogP contribution < -0.4 is 14.4 Å². The van der Waals surface area contributed by atoms with E-state index in [2.05, 4.69) is 0 Å². The zero-order valence-corrected chi connectivity index (χ0v) is 11.4. The van der Waals surface area contributed by atoms with Crippen molar-refractivity contribution in [2.75, 3.05) is 31.2 Å². The van der Waals surface area contributed by atoms with Crippen LogP contribution in [0.15, 0.2) is 18.2 Å². The average molecular weight is 267 g/mol. The monoisotopic (exact) mass is 267 g/mol. The molecule has 19 heavy (non-hydrogen) atoms. The summed E-state index contributed by atoms with van der Waals surface area (Å²) in [6, 6.07) is 5.67. The topological polar surface area (TPSA) is 62.2 Å². The minimum atomic E-state index is -0.466. The maximum Gasteiger partial charge on any atom is 0.163 e. The zero-order chi connectivity index (χ0) is 13.8. The van der Waals surface area contributed by atoms with E-state index in [0.29, 0.717) is 32.1 Å². The number of aliphatic hydroxyl groups is 2. The largest absolute Gasteiger partial charge is 0.486 e. The van der Waals surface area contributed by atoms with Crippen LogP contribution in [0.1, 0.15) is 13.8 Å². The lowest BCUT2D eigenvalue weighted by Crippen LogP contribution is -2.36. The molecule has 0 fully saturated rings. The van der Waals surface area contributed by atoms with Crippen molar-refractivity contribution in [2.24, 2.45) is 0 Å². The van der Waals surface area contributed by atoms with Crippen LogP contribution in [-0.2, 0) is 0 Å². The molecule has 2 rings (SSSR count). The van der Waals surface area contributed by atoms with E-state index in [1.54, 1.807) is 13.8 Å². The molecule has 0 saturated heterocycles. The molecule has 0 radical (unpaired) electrons. The van der Waals surface area contributed by atoms with E-state index in [0.717, 1.165) is 11.4 Å². The minimum absolute atomic E-state index is 0.463. The Labute approximate surface area is 113 Å².